The molecule has 0 aliphatic carbocycles. The average molecular weight is 303 g/mol. The highest BCUT2D eigenvalue weighted by molar-refractivity contribution is 5.94. The van der Waals surface area contributed by atoms with Crippen LogP contribution in [0.2, 0.25) is 0 Å². The molecule has 0 saturated carbocycles. The minimum Gasteiger partial charge on any atom is -0.360 e. The van der Waals surface area contributed by atoms with E-state index in [4.69, 9.17) is 0 Å². The number of hydrogen-bond acceptors (Lipinski definition) is 5. The zero-order chi connectivity index (χ0) is 16.3. The molecule has 8 nitrogen and oxygen atoms in total. The second kappa shape index (κ2) is 6.25. The molecular formula is C14H17N5O3. The van der Waals surface area contributed by atoms with E-state index in [9.17, 15) is 14.9 Å². The van der Waals surface area contributed by atoms with Gasteiger partial charge in [-0.05, 0) is 27.6 Å². The van der Waals surface area contributed by atoms with Gasteiger partial charge in [-0.15, -0.1) is 0 Å². The van der Waals surface area contributed by atoms with Crippen LogP contribution in [0.15, 0.2) is 30.6 Å². The zero-order valence-electron chi connectivity index (χ0n) is 12.6. The molecule has 0 saturated heterocycles. The van der Waals surface area contributed by atoms with E-state index in [1.807, 2.05) is 6.07 Å². The van der Waals surface area contributed by atoms with Crippen LogP contribution in [0, 0.1) is 10.1 Å². The van der Waals surface area contributed by atoms with E-state index < -0.39 is 4.92 Å². The van der Waals surface area contributed by atoms with Gasteiger partial charge < -0.3 is 20.3 Å². The maximum Gasteiger partial charge on any atom is 0.406 e. The normalized spacial score (nSPS) is 10.3. The number of rotatable bonds is 5. The van der Waals surface area contributed by atoms with Crippen molar-refractivity contribution < 1.29 is 9.72 Å². The SMILES string of the molecule is CN(C)C(=O)c1cccc(CNc2c([N+](=O)[O-])ncn2C)c1. The van der Waals surface area contributed by atoms with Gasteiger partial charge in [0.15, 0.2) is 0 Å². The molecule has 0 aliphatic rings. The first kappa shape index (κ1) is 15.5. The number of aryl methyl sites for hydroxylation is 1. The summed E-state index contributed by atoms with van der Waals surface area (Å²) in [4.78, 5) is 27.5. The van der Waals surface area contributed by atoms with E-state index in [1.54, 1.807) is 43.9 Å². The number of aromatic nitrogens is 2. The standard InChI is InChI=1S/C14H17N5O3/c1-17(2)14(20)11-6-4-5-10(7-11)8-15-12-13(19(21)22)16-9-18(12)3/h4-7,9,15H,8H2,1-3H3. The Kier molecular flexibility index (Phi) is 4.40. The quantitative estimate of drug-likeness (QED) is 0.669. The number of nitrogens with one attached hydrogen (secondary N) is 1. The van der Waals surface area contributed by atoms with Crippen molar-refractivity contribution in [3.8, 4) is 0 Å². The highest BCUT2D eigenvalue weighted by Gasteiger charge is 2.19. The predicted octanol–water partition coefficient (Wildman–Crippen LogP) is 1.64. The van der Waals surface area contributed by atoms with Crippen molar-refractivity contribution in [2.75, 3.05) is 19.4 Å². The Balaban J connectivity index is 2.16. The third-order valence-corrected chi connectivity index (χ3v) is 3.13. The Morgan fingerprint density at radius 1 is 1.45 bits per heavy atom. The smallest absolute Gasteiger partial charge is 0.360 e. The molecule has 0 radical (unpaired) electrons. The molecule has 22 heavy (non-hydrogen) atoms. The molecule has 0 bridgehead atoms. The molecule has 0 atom stereocenters. The largest absolute Gasteiger partial charge is 0.406 e. The Morgan fingerprint density at radius 2 is 2.18 bits per heavy atom. The van der Waals surface area contributed by atoms with Gasteiger partial charge in [0.05, 0.1) is 0 Å². The van der Waals surface area contributed by atoms with Crippen LogP contribution in [0.5, 0.6) is 0 Å². The Hall–Kier alpha value is -2.90. The minimum atomic E-state index is -0.533. The molecule has 1 N–H and O–H groups in total. The van der Waals surface area contributed by atoms with Crippen LogP contribution < -0.4 is 5.32 Å². The van der Waals surface area contributed by atoms with Crippen LogP contribution in [-0.4, -0.2) is 39.4 Å². The summed E-state index contributed by atoms with van der Waals surface area (Å²) in [5.41, 5.74) is 1.42. The van der Waals surface area contributed by atoms with Crippen molar-refractivity contribution >= 4 is 17.5 Å². The fraction of sp³-hybridized carbons (Fsp3) is 0.286. The number of nitro groups is 1. The zero-order valence-corrected chi connectivity index (χ0v) is 12.6. The second-order valence-corrected chi connectivity index (χ2v) is 5.04. The molecule has 0 fully saturated rings. The first-order valence-electron chi connectivity index (χ1n) is 6.60. The first-order chi connectivity index (χ1) is 10.4. The van der Waals surface area contributed by atoms with E-state index in [1.165, 1.54) is 11.2 Å². The van der Waals surface area contributed by atoms with Gasteiger partial charge in [0.25, 0.3) is 5.91 Å². The molecule has 1 heterocycles. The molecular weight excluding hydrogens is 286 g/mol. The number of carbonyl (C=O) groups is 1. The predicted molar refractivity (Wildman–Crippen MR) is 81.6 cm³/mol. The van der Waals surface area contributed by atoms with E-state index in [2.05, 4.69) is 10.3 Å². The third kappa shape index (κ3) is 3.22. The summed E-state index contributed by atoms with van der Waals surface area (Å²) in [5, 5.41) is 13.9. The fourth-order valence-corrected chi connectivity index (χ4v) is 2.01. The number of benzene rings is 1. The van der Waals surface area contributed by atoms with Crippen molar-refractivity contribution in [2.24, 2.45) is 7.05 Å². The van der Waals surface area contributed by atoms with Gasteiger partial charge in [-0.3, -0.25) is 9.36 Å². The maximum atomic E-state index is 11.9. The fourth-order valence-electron chi connectivity index (χ4n) is 2.01. The second-order valence-electron chi connectivity index (χ2n) is 5.04. The number of imidazole rings is 1. The summed E-state index contributed by atoms with van der Waals surface area (Å²) in [6.07, 6.45) is 1.38. The van der Waals surface area contributed by atoms with Gasteiger partial charge >= 0.3 is 5.82 Å². The lowest BCUT2D eigenvalue weighted by Gasteiger charge is -2.12. The van der Waals surface area contributed by atoms with E-state index >= 15 is 0 Å². The van der Waals surface area contributed by atoms with Gasteiger partial charge in [-0.1, -0.05) is 12.1 Å². The number of nitrogens with zero attached hydrogens (tertiary/aromatic N) is 4. The van der Waals surface area contributed by atoms with Crippen molar-refractivity contribution in [2.45, 2.75) is 6.54 Å². The Morgan fingerprint density at radius 3 is 2.82 bits per heavy atom. The van der Waals surface area contributed by atoms with Crippen molar-refractivity contribution in [1.29, 1.82) is 0 Å². The lowest BCUT2D eigenvalue weighted by molar-refractivity contribution is -0.388. The van der Waals surface area contributed by atoms with Crippen molar-refractivity contribution in [3.63, 3.8) is 0 Å². The molecule has 8 heteroatoms. The number of amides is 1. The van der Waals surface area contributed by atoms with Crippen LogP contribution in [-0.2, 0) is 13.6 Å². The maximum absolute atomic E-state index is 11.9. The molecule has 0 spiro atoms. The van der Waals surface area contributed by atoms with Gasteiger partial charge in [0.2, 0.25) is 12.1 Å². The lowest BCUT2D eigenvalue weighted by atomic mass is 10.1. The van der Waals surface area contributed by atoms with Crippen LogP contribution in [0.25, 0.3) is 0 Å². The van der Waals surface area contributed by atoms with Crippen LogP contribution >= 0.6 is 0 Å². The molecule has 1 aromatic carbocycles. The molecule has 2 aromatic rings. The van der Waals surface area contributed by atoms with Crippen LogP contribution in [0.1, 0.15) is 15.9 Å². The van der Waals surface area contributed by atoms with Crippen LogP contribution in [0.3, 0.4) is 0 Å². The average Bonchev–Trinajstić information content (AvgIpc) is 2.85. The summed E-state index contributed by atoms with van der Waals surface area (Å²) in [6, 6.07) is 7.13. The van der Waals surface area contributed by atoms with Crippen molar-refractivity contribution in [3.05, 3.63) is 51.8 Å². The molecule has 116 valence electrons. The first-order valence-corrected chi connectivity index (χ1v) is 6.60. The van der Waals surface area contributed by atoms with Gasteiger partial charge in [-0.25, -0.2) is 0 Å². The Bertz CT molecular complexity index is 708. The summed E-state index contributed by atoms with van der Waals surface area (Å²) < 4.78 is 1.55. The van der Waals surface area contributed by atoms with E-state index in [-0.39, 0.29) is 11.7 Å². The molecule has 0 unspecified atom stereocenters. The molecule has 2 rings (SSSR count). The minimum absolute atomic E-state index is 0.0895. The molecule has 0 aliphatic heterocycles. The number of anilines is 1. The number of carbonyl (C=O) groups excluding carboxylic acids is 1. The van der Waals surface area contributed by atoms with E-state index in [0.29, 0.717) is 17.9 Å². The van der Waals surface area contributed by atoms with E-state index in [0.717, 1.165) is 5.56 Å². The van der Waals surface area contributed by atoms with Gasteiger partial charge in [0, 0.05) is 33.3 Å². The topological polar surface area (TPSA) is 93.3 Å². The highest BCUT2D eigenvalue weighted by Crippen LogP contribution is 2.21. The van der Waals surface area contributed by atoms with Gasteiger partial charge in [-0.2, -0.15) is 0 Å². The van der Waals surface area contributed by atoms with Crippen LogP contribution in [0.4, 0.5) is 11.6 Å². The summed E-state index contributed by atoms with van der Waals surface area (Å²) in [5.74, 6) is 0.0192. The molecule has 1 amide bonds. The van der Waals surface area contributed by atoms with Gasteiger partial charge in [0.1, 0.15) is 0 Å². The van der Waals surface area contributed by atoms with Crippen molar-refractivity contribution in [1.82, 2.24) is 14.5 Å². The number of hydrogen-bond donors (Lipinski definition) is 1. The summed E-state index contributed by atoms with van der Waals surface area (Å²) >= 11 is 0. The summed E-state index contributed by atoms with van der Waals surface area (Å²) in [6.45, 7) is 0.356. The highest BCUT2D eigenvalue weighted by atomic mass is 16.6. The third-order valence-electron chi connectivity index (χ3n) is 3.13. The monoisotopic (exact) mass is 303 g/mol. The summed E-state index contributed by atoms with van der Waals surface area (Å²) in [7, 11) is 5.05. The lowest BCUT2D eigenvalue weighted by Crippen LogP contribution is -2.21. The molecule has 1 aromatic heterocycles. The Labute approximate surface area is 127 Å².